The van der Waals surface area contributed by atoms with Gasteiger partial charge in [-0.15, -0.1) is 0 Å². The van der Waals surface area contributed by atoms with Gasteiger partial charge in [-0.1, -0.05) is 12.1 Å². The Morgan fingerprint density at radius 2 is 2.11 bits per heavy atom. The quantitative estimate of drug-likeness (QED) is 0.886. The van der Waals surface area contributed by atoms with Crippen molar-refractivity contribution >= 4 is 17.0 Å². The Kier molecular flexibility index (Phi) is 3.85. The van der Waals surface area contributed by atoms with Gasteiger partial charge in [0, 0.05) is 25.3 Å². The summed E-state index contributed by atoms with van der Waals surface area (Å²) in [5, 5.41) is 11.5. The maximum atomic E-state index is 3.57. The number of aryl methyl sites for hydroxylation is 1. The van der Waals surface area contributed by atoms with Gasteiger partial charge in [-0.3, -0.25) is 0 Å². The molecule has 0 unspecified atom stereocenters. The number of rotatable bonds is 4. The molecule has 1 aromatic carbocycles. The molecule has 0 radical (unpaired) electrons. The largest absolute Gasteiger partial charge is 0.385 e. The van der Waals surface area contributed by atoms with Crippen molar-refractivity contribution in [2.45, 2.75) is 32.9 Å². The zero-order chi connectivity index (χ0) is 13.1. The molecule has 2 N–H and O–H groups in total. The number of hydrogen-bond acceptors (Lipinski definition) is 3. The number of nitrogens with one attached hydrogen (secondary N) is 2. The molecule has 3 rings (SSSR count). The van der Waals surface area contributed by atoms with Gasteiger partial charge in [-0.2, -0.15) is 11.3 Å². The molecule has 0 spiro atoms. The Hall–Kier alpha value is -1.32. The summed E-state index contributed by atoms with van der Waals surface area (Å²) in [6, 6.07) is 6.60. The van der Waals surface area contributed by atoms with Crippen molar-refractivity contribution in [1.82, 2.24) is 5.32 Å². The number of thiophene rings is 1. The van der Waals surface area contributed by atoms with Crippen molar-refractivity contribution in [2.75, 3.05) is 11.9 Å². The molecule has 0 amide bonds. The fourth-order valence-corrected chi connectivity index (χ4v) is 3.51. The lowest BCUT2D eigenvalue weighted by atomic mass is 9.97. The number of benzene rings is 1. The summed E-state index contributed by atoms with van der Waals surface area (Å²) in [5.74, 6) is 0. The number of fused-ring (bicyclic) bond motifs is 1. The van der Waals surface area contributed by atoms with Crippen LogP contribution in [-0.2, 0) is 19.5 Å². The van der Waals surface area contributed by atoms with Gasteiger partial charge in [0.05, 0.1) is 0 Å². The Labute approximate surface area is 118 Å². The van der Waals surface area contributed by atoms with E-state index in [1.165, 1.54) is 40.8 Å². The van der Waals surface area contributed by atoms with Crippen molar-refractivity contribution in [1.29, 1.82) is 0 Å². The minimum Gasteiger partial charge on any atom is -0.385 e. The standard InChI is InChI=1S/C16H20N2S/c1-12-10-19-11-14(12)9-17-8-13-4-2-6-16-15(13)5-3-7-18-16/h2,4,6,10-11,17-18H,3,5,7-9H2,1H3. The fourth-order valence-electron chi connectivity index (χ4n) is 2.65. The molecular weight excluding hydrogens is 252 g/mol. The predicted molar refractivity (Wildman–Crippen MR) is 82.9 cm³/mol. The lowest BCUT2D eigenvalue weighted by Crippen LogP contribution is -2.18. The van der Waals surface area contributed by atoms with Crippen molar-refractivity contribution in [2.24, 2.45) is 0 Å². The van der Waals surface area contributed by atoms with E-state index < -0.39 is 0 Å². The highest BCUT2D eigenvalue weighted by Gasteiger charge is 2.11. The topological polar surface area (TPSA) is 24.1 Å². The van der Waals surface area contributed by atoms with Crippen LogP contribution in [0.15, 0.2) is 29.0 Å². The van der Waals surface area contributed by atoms with Gasteiger partial charge in [0.15, 0.2) is 0 Å². The highest BCUT2D eigenvalue weighted by Crippen LogP contribution is 2.25. The molecule has 0 fully saturated rings. The van der Waals surface area contributed by atoms with E-state index in [0.717, 1.165) is 19.6 Å². The molecule has 0 aliphatic carbocycles. The Bertz CT molecular complexity index is 560. The smallest absolute Gasteiger partial charge is 0.0375 e. The van der Waals surface area contributed by atoms with Gasteiger partial charge in [0.25, 0.3) is 0 Å². The van der Waals surface area contributed by atoms with Crippen molar-refractivity contribution < 1.29 is 0 Å². The van der Waals surface area contributed by atoms with E-state index in [2.05, 4.69) is 46.5 Å². The molecule has 1 aromatic heterocycles. The second kappa shape index (κ2) is 5.76. The molecule has 0 bridgehead atoms. The number of hydrogen-bond donors (Lipinski definition) is 2. The SMILES string of the molecule is Cc1cscc1CNCc1cccc2c1CCCN2. The molecule has 19 heavy (non-hydrogen) atoms. The third-order valence-electron chi connectivity index (χ3n) is 3.78. The third-order valence-corrected chi connectivity index (χ3v) is 4.69. The average molecular weight is 272 g/mol. The van der Waals surface area contributed by atoms with Crippen LogP contribution >= 0.6 is 11.3 Å². The first-order valence-electron chi connectivity index (χ1n) is 6.91. The van der Waals surface area contributed by atoms with Crippen molar-refractivity contribution in [3.63, 3.8) is 0 Å². The Morgan fingerprint density at radius 1 is 1.21 bits per heavy atom. The summed E-state index contributed by atoms with van der Waals surface area (Å²) in [6.45, 7) is 5.21. The summed E-state index contributed by atoms with van der Waals surface area (Å²) < 4.78 is 0. The van der Waals surface area contributed by atoms with Gasteiger partial charge in [-0.25, -0.2) is 0 Å². The normalized spacial score (nSPS) is 13.9. The van der Waals surface area contributed by atoms with E-state index in [9.17, 15) is 0 Å². The summed E-state index contributed by atoms with van der Waals surface area (Å²) in [6.07, 6.45) is 2.45. The van der Waals surface area contributed by atoms with E-state index in [1.54, 1.807) is 11.3 Å². The molecule has 1 aliphatic heterocycles. The summed E-state index contributed by atoms with van der Waals surface area (Å²) in [4.78, 5) is 0. The van der Waals surface area contributed by atoms with Crippen LogP contribution in [0.2, 0.25) is 0 Å². The average Bonchev–Trinajstić information content (AvgIpc) is 2.85. The van der Waals surface area contributed by atoms with Crippen LogP contribution in [0.1, 0.15) is 28.7 Å². The first-order chi connectivity index (χ1) is 9.34. The van der Waals surface area contributed by atoms with E-state index in [1.807, 2.05) is 0 Å². The number of anilines is 1. The van der Waals surface area contributed by atoms with Crippen LogP contribution < -0.4 is 10.6 Å². The lowest BCUT2D eigenvalue weighted by Gasteiger charge is -2.21. The minimum atomic E-state index is 0.958. The van der Waals surface area contributed by atoms with Crippen LogP contribution in [0.25, 0.3) is 0 Å². The maximum Gasteiger partial charge on any atom is 0.0375 e. The van der Waals surface area contributed by atoms with Crippen molar-refractivity contribution in [3.05, 3.63) is 51.2 Å². The van der Waals surface area contributed by atoms with Crippen LogP contribution in [0.3, 0.4) is 0 Å². The van der Waals surface area contributed by atoms with Gasteiger partial charge >= 0.3 is 0 Å². The van der Waals surface area contributed by atoms with Gasteiger partial charge in [0.1, 0.15) is 0 Å². The first-order valence-corrected chi connectivity index (χ1v) is 7.86. The molecule has 2 aromatic rings. The molecule has 0 saturated carbocycles. The Balaban J connectivity index is 1.66. The molecule has 0 saturated heterocycles. The monoisotopic (exact) mass is 272 g/mol. The first kappa shape index (κ1) is 12.7. The lowest BCUT2D eigenvalue weighted by molar-refractivity contribution is 0.682. The zero-order valence-corrected chi connectivity index (χ0v) is 12.1. The van der Waals surface area contributed by atoms with Crippen molar-refractivity contribution in [3.8, 4) is 0 Å². The van der Waals surface area contributed by atoms with E-state index >= 15 is 0 Å². The van der Waals surface area contributed by atoms with Gasteiger partial charge < -0.3 is 10.6 Å². The molecule has 100 valence electrons. The van der Waals surface area contributed by atoms with Crippen LogP contribution in [-0.4, -0.2) is 6.54 Å². The predicted octanol–water partition coefficient (Wildman–Crippen LogP) is 3.70. The summed E-state index contributed by atoms with van der Waals surface area (Å²) >= 11 is 1.79. The second-order valence-electron chi connectivity index (χ2n) is 5.16. The zero-order valence-electron chi connectivity index (χ0n) is 11.3. The van der Waals surface area contributed by atoms with E-state index in [-0.39, 0.29) is 0 Å². The van der Waals surface area contributed by atoms with E-state index in [0.29, 0.717) is 0 Å². The van der Waals surface area contributed by atoms with Gasteiger partial charge in [-0.05, 0) is 58.8 Å². The highest BCUT2D eigenvalue weighted by molar-refractivity contribution is 7.08. The van der Waals surface area contributed by atoms with E-state index in [4.69, 9.17) is 0 Å². The van der Waals surface area contributed by atoms with Crippen LogP contribution in [0.5, 0.6) is 0 Å². The van der Waals surface area contributed by atoms with Crippen LogP contribution in [0.4, 0.5) is 5.69 Å². The van der Waals surface area contributed by atoms with Gasteiger partial charge in [0.2, 0.25) is 0 Å². The minimum absolute atomic E-state index is 0.958. The molecular formula is C16H20N2S. The molecule has 2 nitrogen and oxygen atoms in total. The maximum absolute atomic E-state index is 3.57. The summed E-state index contributed by atoms with van der Waals surface area (Å²) in [5.41, 5.74) is 7.10. The summed E-state index contributed by atoms with van der Waals surface area (Å²) in [7, 11) is 0. The highest BCUT2D eigenvalue weighted by atomic mass is 32.1. The fraction of sp³-hybridized carbons (Fsp3) is 0.375. The van der Waals surface area contributed by atoms with Crippen LogP contribution in [0, 0.1) is 6.92 Å². The molecule has 1 aliphatic rings. The molecule has 0 atom stereocenters. The molecule has 2 heterocycles. The third kappa shape index (κ3) is 2.82. The second-order valence-corrected chi connectivity index (χ2v) is 5.90. The Morgan fingerprint density at radius 3 is 2.95 bits per heavy atom. The molecule has 3 heteroatoms.